The number of rotatable bonds is 0. The zero-order chi connectivity index (χ0) is 11.9. The lowest BCUT2D eigenvalue weighted by Crippen LogP contribution is -2.29. The highest BCUT2D eigenvalue weighted by molar-refractivity contribution is 6.88. The van der Waals surface area contributed by atoms with Gasteiger partial charge in [-0.05, 0) is 28.2 Å². The molecule has 0 radical (unpaired) electrons. The summed E-state index contributed by atoms with van der Waals surface area (Å²) in [5, 5.41) is 3.58. The number of anilines is 1. The summed E-state index contributed by atoms with van der Waals surface area (Å²) < 4.78 is 0. The first kappa shape index (κ1) is 9.78. The maximum Gasteiger partial charge on any atom is 0.314 e. The van der Waals surface area contributed by atoms with Crippen molar-refractivity contribution in [3.05, 3.63) is 71.2 Å². The lowest BCUT2D eigenvalue weighted by atomic mass is 9.49. The third-order valence-electron chi connectivity index (χ3n) is 3.66. The number of hydrogen-bond acceptors (Lipinski definition) is 1. The van der Waals surface area contributed by atoms with Gasteiger partial charge < -0.3 is 5.23 Å². The summed E-state index contributed by atoms with van der Waals surface area (Å²) in [4.78, 5) is 0. The van der Waals surface area contributed by atoms with Gasteiger partial charge in [-0.3, -0.25) is 0 Å². The minimum atomic E-state index is 0.301. The van der Waals surface area contributed by atoms with Crippen molar-refractivity contribution < 1.29 is 0 Å². The molecule has 0 amide bonds. The molecule has 0 spiro atoms. The Morgan fingerprint density at radius 1 is 0.833 bits per heavy atom. The second-order valence-electron chi connectivity index (χ2n) is 4.76. The number of para-hydroxylation sites is 1. The number of nitrogens with one attached hydrogen (secondary N) is 1. The zero-order valence-electron chi connectivity index (χ0n) is 9.93. The summed E-state index contributed by atoms with van der Waals surface area (Å²) in [7, 11) is 0. The van der Waals surface area contributed by atoms with E-state index in [1.54, 1.807) is 0 Å². The van der Waals surface area contributed by atoms with Crippen molar-refractivity contribution in [3.63, 3.8) is 0 Å². The second-order valence-corrected chi connectivity index (χ2v) is 4.76. The molecule has 2 heteroatoms. The van der Waals surface area contributed by atoms with Crippen molar-refractivity contribution in [1.29, 1.82) is 0 Å². The molecule has 0 saturated carbocycles. The zero-order valence-corrected chi connectivity index (χ0v) is 9.93. The van der Waals surface area contributed by atoms with Gasteiger partial charge in [-0.1, -0.05) is 60.6 Å². The van der Waals surface area contributed by atoms with Crippen molar-refractivity contribution in [2.45, 2.75) is 0 Å². The van der Waals surface area contributed by atoms with Gasteiger partial charge in [0, 0.05) is 5.69 Å². The minimum absolute atomic E-state index is 0.301. The number of hydrogen-bond donors (Lipinski definition) is 1. The summed E-state index contributed by atoms with van der Waals surface area (Å²) in [6.07, 6.45) is 4.51. The Morgan fingerprint density at radius 2 is 1.61 bits per heavy atom. The lowest BCUT2D eigenvalue weighted by Gasteiger charge is -2.27. The average molecular weight is 229 g/mol. The normalized spacial score (nSPS) is 15.1. The van der Waals surface area contributed by atoms with E-state index in [2.05, 4.69) is 71.9 Å². The Labute approximate surface area is 107 Å². The molecule has 2 heterocycles. The highest BCUT2D eigenvalue weighted by Gasteiger charge is 2.27. The SMILES string of the molecule is C1=Cc2ccccc2C2=Cc3ccccc3NB12. The molecule has 84 valence electrons. The first-order valence-corrected chi connectivity index (χ1v) is 6.26. The quantitative estimate of drug-likeness (QED) is 0.678. The number of benzene rings is 2. The molecule has 1 nitrogen and oxygen atoms in total. The van der Waals surface area contributed by atoms with Crippen molar-refractivity contribution in [3.8, 4) is 0 Å². The van der Waals surface area contributed by atoms with E-state index in [0.29, 0.717) is 6.85 Å². The van der Waals surface area contributed by atoms with Gasteiger partial charge in [-0.25, -0.2) is 0 Å². The van der Waals surface area contributed by atoms with E-state index in [1.807, 2.05) is 0 Å². The number of fused-ring (bicyclic) bond motifs is 4. The van der Waals surface area contributed by atoms with Gasteiger partial charge in [-0.15, -0.1) is 0 Å². The molecular weight excluding hydrogens is 217 g/mol. The largest absolute Gasteiger partial charge is 0.420 e. The van der Waals surface area contributed by atoms with Crippen LogP contribution in [0.1, 0.15) is 16.7 Å². The molecule has 18 heavy (non-hydrogen) atoms. The topological polar surface area (TPSA) is 12.0 Å². The van der Waals surface area contributed by atoms with E-state index in [0.717, 1.165) is 0 Å². The van der Waals surface area contributed by atoms with Crippen molar-refractivity contribution >= 4 is 30.2 Å². The minimum Gasteiger partial charge on any atom is -0.420 e. The van der Waals surface area contributed by atoms with Gasteiger partial charge >= 0.3 is 6.85 Å². The molecule has 1 N–H and O–H groups in total. The van der Waals surface area contributed by atoms with Gasteiger partial charge in [0.2, 0.25) is 0 Å². The molecule has 0 fully saturated rings. The van der Waals surface area contributed by atoms with Crippen LogP contribution < -0.4 is 5.23 Å². The Morgan fingerprint density at radius 3 is 2.56 bits per heavy atom. The van der Waals surface area contributed by atoms with Crippen LogP contribution in [0.3, 0.4) is 0 Å². The van der Waals surface area contributed by atoms with Crippen LogP contribution in [-0.2, 0) is 0 Å². The van der Waals surface area contributed by atoms with Gasteiger partial charge in [0.25, 0.3) is 0 Å². The van der Waals surface area contributed by atoms with Crippen molar-refractivity contribution in [2.75, 3.05) is 5.23 Å². The van der Waals surface area contributed by atoms with E-state index >= 15 is 0 Å². The van der Waals surface area contributed by atoms with E-state index in [1.165, 1.54) is 27.9 Å². The highest BCUT2D eigenvalue weighted by atomic mass is 14.8. The van der Waals surface area contributed by atoms with Gasteiger partial charge in [0.05, 0.1) is 0 Å². The van der Waals surface area contributed by atoms with Crippen molar-refractivity contribution in [1.82, 2.24) is 0 Å². The van der Waals surface area contributed by atoms with Crippen LogP contribution in [0.5, 0.6) is 0 Å². The summed E-state index contributed by atoms with van der Waals surface area (Å²) in [5.41, 5.74) is 6.50. The van der Waals surface area contributed by atoms with Crippen LogP contribution in [0.15, 0.2) is 54.5 Å². The third kappa shape index (κ3) is 1.35. The van der Waals surface area contributed by atoms with Gasteiger partial charge in [0.15, 0.2) is 0 Å². The smallest absolute Gasteiger partial charge is 0.314 e. The van der Waals surface area contributed by atoms with E-state index in [-0.39, 0.29) is 0 Å². The van der Waals surface area contributed by atoms with E-state index in [4.69, 9.17) is 0 Å². The molecule has 0 aromatic heterocycles. The fourth-order valence-corrected chi connectivity index (χ4v) is 2.76. The molecule has 4 rings (SSSR count). The predicted molar refractivity (Wildman–Crippen MR) is 79.2 cm³/mol. The van der Waals surface area contributed by atoms with Crippen LogP contribution in [0.2, 0.25) is 0 Å². The maximum absolute atomic E-state index is 3.58. The van der Waals surface area contributed by atoms with Crippen LogP contribution in [0.4, 0.5) is 5.69 Å². The highest BCUT2D eigenvalue weighted by Crippen LogP contribution is 2.35. The molecule has 2 aliphatic rings. The molecular formula is C16H12BN. The molecule has 2 aliphatic heterocycles. The molecule has 2 aromatic carbocycles. The average Bonchev–Trinajstić information content (AvgIpc) is 2.45. The molecule has 0 atom stereocenters. The monoisotopic (exact) mass is 229 g/mol. The summed E-state index contributed by atoms with van der Waals surface area (Å²) in [6.45, 7) is 0.301. The van der Waals surface area contributed by atoms with Crippen LogP contribution in [0, 0.1) is 0 Å². The molecule has 0 bridgehead atoms. The summed E-state index contributed by atoms with van der Waals surface area (Å²) >= 11 is 0. The molecule has 0 saturated heterocycles. The van der Waals surface area contributed by atoms with Gasteiger partial charge in [-0.2, -0.15) is 0 Å². The van der Waals surface area contributed by atoms with E-state index < -0.39 is 0 Å². The lowest BCUT2D eigenvalue weighted by molar-refractivity contribution is 1.55. The van der Waals surface area contributed by atoms with Crippen LogP contribution in [0.25, 0.3) is 17.6 Å². The first-order chi connectivity index (χ1) is 8.92. The maximum atomic E-state index is 3.58. The predicted octanol–water partition coefficient (Wildman–Crippen LogP) is 3.75. The Kier molecular flexibility index (Phi) is 1.98. The molecule has 0 aliphatic carbocycles. The molecule has 2 aromatic rings. The van der Waals surface area contributed by atoms with E-state index in [9.17, 15) is 0 Å². The fraction of sp³-hybridized carbons (Fsp3) is 0. The Bertz CT molecular complexity index is 685. The molecule has 0 unspecified atom stereocenters. The first-order valence-electron chi connectivity index (χ1n) is 6.26. The fourth-order valence-electron chi connectivity index (χ4n) is 2.76. The second kappa shape index (κ2) is 3.64. The Balaban J connectivity index is 1.95. The van der Waals surface area contributed by atoms with Gasteiger partial charge in [0.1, 0.15) is 0 Å². The van der Waals surface area contributed by atoms with Crippen LogP contribution >= 0.6 is 0 Å². The third-order valence-corrected chi connectivity index (χ3v) is 3.66. The standard InChI is InChI=1S/C16H12BN/c1-3-7-14-12(5-1)9-10-17-15(14)11-13-6-2-4-8-16(13)18-17/h1-11,18H. The van der Waals surface area contributed by atoms with Crippen LogP contribution in [-0.4, -0.2) is 6.85 Å². The Hall–Kier alpha value is -2.22. The summed E-state index contributed by atoms with van der Waals surface area (Å²) in [5.74, 6) is 2.24. The summed E-state index contributed by atoms with van der Waals surface area (Å²) in [6, 6.07) is 17.0. The van der Waals surface area contributed by atoms with Crippen molar-refractivity contribution in [2.24, 2.45) is 0 Å².